The van der Waals surface area contributed by atoms with Gasteiger partial charge in [0.05, 0.1) is 28.4 Å². The van der Waals surface area contributed by atoms with Crippen molar-refractivity contribution in [1.29, 1.82) is 0 Å². The second kappa shape index (κ2) is 9.04. The maximum absolute atomic E-state index is 11.6. The Morgan fingerprint density at radius 3 is 2.48 bits per heavy atom. The highest BCUT2D eigenvalue weighted by atomic mass is 35.5. The lowest BCUT2D eigenvalue weighted by molar-refractivity contribution is -0.147. The van der Waals surface area contributed by atoms with Gasteiger partial charge >= 0.3 is 5.97 Å². The lowest BCUT2D eigenvalue weighted by Gasteiger charge is -2.16. The predicted octanol–water partition coefficient (Wildman–Crippen LogP) is 3.03. The van der Waals surface area contributed by atoms with Crippen LogP contribution in [0.5, 0.6) is 17.4 Å². The number of primary sulfonamides is 1. The highest BCUT2D eigenvalue weighted by Gasteiger charge is 2.20. The van der Waals surface area contributed by atoms with E-state index >= 15 is 0 Å². The first-order chi connectivity index (χ1) is 13.4. The molecule has 2 N–H and O–H groups in total. The van der Waals surface area contributed by atoms with E-state index in [1.54, 1.807) is 14.0 Å². The summed E-state index contributed by atoms with van der Waals surface area (Å²) in [5, 5.41) is 10.4. The molecule has 12 heteroatoms. The number of esters is 1. The van der Waals surface area contributed by atoms with E-state index in [4.69, 9.17) is 37.8 Å². The summed E-state index contributed by atoms with van der Waals surface area (Å²) in [6.07, 6.45) is 0.354. The number of hydrogen-bond acceptors (Lipinski definition) is 7. The Kier molecular flexibility index (Phi) is 7.17. The number of carbonyl (C=O) groups excluding carboxylic acids is 1. The fraction of sp³-hybridized carbons (Fsp3) is 0.294. The molecule has 29 heavy (non-hydrogen) atoms. The topological polar surface area (TPSA) is 123 Å². The molecule has 0 saturated carbocycles. The molecule has 0 bridgehead atoms. The van der Waals surface area contributed by atoms with Crippen molar-refractivity contribution in [2.24, 2.45) is 12.2 Å². The van der Waals surface area contributed by atoms with Gasteiger partial charge in [-0.3, -0.25) is 0 Å². The number of methoxy groups -OCH3 is 1. The highest BCUT2D eigenvalue weighted by molar-refractivity contribution is 7.92. The quantitative estimate of drug-likeness (QED) is 0.625. The van der Waals surface area contributed by atoms with Gasteiger partial charge in [0.25, 0.3) is 0 Å². The average molecular weight is 464 g/mol. The SMILES string of the molecule is COC(=O)[C@H](C)Oc1cc(Oc2c(C=CS(N)(=O)=O)c(C)nn2C)c(Cl)cc1Cl. The molecule has 0 unspecified atom stereocenters. The Morgan fingerprint density at radius 1 is 1.28 bits per heavy atom. The first-order valence-electron chi connectivity index (χ1n) is 8.08. The van der Waals surface area contributed by atoms with Gasteiger partial charge in [0, 0.05) is 18.5 Å². The summed E-state index contributed by atoms with van der Waals surface area (Å²) in [4.78, 5) is 11.6. The Balaban J connectivity index is 2.44. The van der Waals surface area contributed by atoms with Crippen LogP contribution in [0.2, 0.25) is 10.0 Å². The molecule has 0 aliphatic heterocycles. The number of hydrogen-bond donors (Lipinski definition) is 1. The van der Waals surface area contributed by atoms with E-state index < -0.39 is 22.1 Å². The summed E-state index contributed by atoms with van der Waals surface area (Å²) < 4.78 is 39.9. The van der Waals surface area contributed by atoms with Crippen LogP contribution < -0.4 is 14.6 Å². The van der Waals surface area contributed by atoms with Crippen LogP contribution in [0.4, 0.5) is 0 Å². The van der Waals surface area contributed by atoms with E-state index in [0.29, 0.717) is 11.3 Å². The Bertz CT molecular complexity index is 1070. The van der Waals surface area contributed by atoms with Gasteiger partial charge in [0.15, 0.2) is 11.9 Å². The molecule has 0 aliphatic rings. The van der Waals surface area contributed by atoms with Gasteiger partial charge in [0.2, 0.25) is 15.9 Å². The maximum Gasteiger partial charge on any atom is 0.346 e. The molecular weight excluding hydrogens is 445 g/mol. The minimum absolute atomic E-state index is 0.143. The molecule has 158 valence electrons. The van der Waals surface area contributed by atoms with Crippen molar-refractivity contribution in [2.45, 2.75) is 20.0 Å². The molecular formula is C17H19Cl2N3O6S. The number of halogens is 2. The lowest BCUT2D eigenvalue weighted by Crippen LogP contribution is -2.25. The van der Waals surface area contributed by atoms with Crippen LogP contribution in [0.25, 0.3) is 6.08 Å². The Hall–Kier alpha value is -2.27. The van der Waals surface area contributed by atoms with E-state index in [2.05, 4.69) is 9.84 Å². The number of ether oxygens (including phenoxy) is 3. The molecule has 0 amide bonds. The van der Waals surface area contributed by atoms with Gasteiger partial charge in [-0.05, 0) is 26.0 Å². The monoisotopic (exact) mass is 463 g/mol. The molecule has 0 aliphatic carbocycles. The van der Waals surface area contributed by atoms with E-state index in [1.165, 1.54) is 36.9 Å². The molecule has 9 nitrogen and oxygen atoms in total. The third-order valence-corrected chi connectivity index (χ3v) is 4.77. The molecule has 0 saturated heterocycles. The fourth-order valence-corrected chi connectivity index (χ4v) is 3.11. The molecule has 1 heterocycles. The second-order valence-electron chi connectivity index (χ2n) is 5.92. The first-order valence-corrected chi connectivity index (χ1v) is 10.4. The number of sulfonamides is 1. The zero-order valence-electron chi connectivity index (χ0n) is 16.0. The summed E-state index contributed by atoms with van der Waals surface area (Å²) in [7, 11) is -0.999. The molecule has 2 aromatic rings. The number of nitrogens with two attached hydrogens (primary N) is 1. The normalized spacial score (nSPS) is 12.8. The lowest BCUT2D eigenvalue weighted by atomic mass is 10.2. The molecule has 0 spiro atoms. The number of aryl methyl sites for hydroxylation is 2. The summed E-state index contributed by atoms with van der Waals surface area (Å²) in [5.74, 6) is -0.0874. The van der Waals surface area contributed by atoms with Crippen LogP contribution in [0.15, 0.2) is 17.5 Å². The smallest absolute Gasteiger partial charge is 0.346 e. The number of rotatable bonds is 7. The van der Waals surface area contributed by atoms with Crippen molar-refractivity contribution in [3.05, 3.63) is 38.8 Å². The maximum atomic E-state index is 11.6. The summed E-state index contributed by atoms with van der Waals surface area (Å²) >= 11 is 12.4. The average Bonchev–Trinajstić information content (AvgIpc) is 2.88. The van der Waals surface area contributed by atoms with Gasteiger partial charge in [-0.25, -0.2) is 23.0 Å². The Morgan fingerprint density at radius 2 is 1.90 bits per heavy atom. The molecule has 0 radical (unpaired) electrons. The van der Waals surface area contributed by atoms with Crippen molar-refractivity contribution in [3.8, 4) is 17.4 Å². The van der Waals surface area contributed by atoms with Crippen LogP contribution in [-0.4, -0.2) is 37.4 Å². The summed E-state index contributed by atoms with van der Waals surface area (Å²) in [6.45, 7) is 3.17. The van der Waals surface area contributed by atoms with Crippen LogP contribution in [-0.2, 0) is 26.6 Å². The third kappa shape index (κ3) is 5.86. The zero-order valence-corrected chi connectivity index (χ0v) is 18.3. The Labute approximate surface area is 178 Å². The number of carbonyl (C=O) groups is 1. The second-order valence-corrected chi connectivity index (χ2v) is 8.18. The van der Waals surface area contributed by atoms with E-state index in [0.717, 1.165) is 5.41 Å². The minimum atomic E-state index is -3.84. The van der Waals surface area contributed by atoms with Crippen molar-refractivity contribution < 1.29 is 27.4 Å². The number of nitrogens with zero attached hydrogens (tertiary/aromatic N) is 2. The predicted molar refractivity (Wildman–Crippen MR) is 109 cm³/mol. The zero-order chi connectivity index (χ0) is 21.9. The van der Waals surface area contributed by atoms with Crippen molar-refractivity contribution in [3.63, 3.8) is 0 Å². The minimum Gasteiger partial charge on any atom is -0.477 e. The van der Waals surface area contributed by atoms with Gasteiger partial charge in [-0.15, -0.1) is 0 Å². The van der Waals surface area contributed by atoms with Gasteiger partial charge in [-0.2, -0.15) is 5.10 Å². The van der Waals surface area contributed by atoms with Crippen molar-refractivity contribution in [2.75, 3.05) is 7.11 Å². The highest BCUT2D eigenvalue weighted by Crippen LogP contribution is 2.39. The number of benzene rings is 1. The van der Waals surface area contributed by atoms with Crippen molar-refractivity contribution in [1.82, 2.24) is 9.78 Å². The van der Waals surface area contributed by atoms with Gasteiger partial charge in [-0.1, -0.05) is 23.2 Å². The van der Waals surface area contributed by atoms with Gasteiger partial charge in [0.1, 0.15) is 5.75 Å². The number of aromatic nitrogens is 2. The summed E-state index contributed by atoms with van der Waals surface area (Å²) in [5.41, 5.74) is 0.890. The van der Waals surface area contributed by atoms with E-state index in [-0.39, 0.29) is 27.4 Å². The van der Waals surface area contributed by atoms with Crippen LogP contribution in [0.3, 0.4) is 0 Å². The molecule has 1 aromatic carbocycles. The van der Waals surface area contributed by atoms with E-state index in [9.17, 15) is 13.2 Å². The van der Waals surface area contributed by atoms with E-state index in [1.807, 2.05) is 0 Å². The van der Waals surface area contributed by atoms with Crippen LogP contribution in [0.1, 0.15) is 18.2 Å². The van der Waals surface area contributed by atoms with Crippen LogP contribution in [0, 0.1) is 6.92 Å². The molecule has 0 fully saturated rings. The fourth-order valence-electron chi connectivity index (χ4n) is 2.32. The van der Waals surface area contributed by atoms with Gasteiger partial charge < -0.3 is 14.2 Å². The van der Waals surface area contributed by atoms with Crippen LogP contribution >= 0.6 is 23.2 Å². The first kappa shape index (κ1) is 23.0. The molecule has 1 atom stereocenters. The summed E-state index contributed by atoms with van der Waals surface area (Å²) in [6, 6.07) is 2.79. The molecule has 2 rings (SSSR count). The standard InChI is InChI=1S/C17H19Cl2N3O6S/c1-9-11(5-6-29(20,24)25)16(22(3)21-9)28-15-8-14(12(18)7-13(15)19)27-10(2)17(23)26-4/h5-8,10H,1-4H3,(H2,20,24,25)/t10-/m0/s1. The largest absolute Gasteiger partial charge is 0.477 e. The third-order valence-electron chi connectivity index (χ3n) is 3.67. The van der Waals surface area contributed by atoms with Crippen molar-refractivity contribution >= 4 is 45.3 Å². The molecule has 1 aromatic heterocycles.